The molecule has 0 saturated heterocycles. The maximum atomic E-state index is 8.66. The molecule has 5 heteroatoms. The Morgan fingerprint density at radius 3 is 2.83 bits per heavy atom. The fraction of sp³-hybridized carbons (Fsp3) is 0.0769. The van der Waals surface area contributed by atoms with Gasteiger partial charge in [0.05, 0.1) is 18.3 Å². The van der Waals surface area contributed by atoms with E-state index in [-0.39, 0.29) is 5.57 Å². The Kier molecular flexibility index (Phi) is 3.17. The van der Waals surface area contributed by atoms with Crippen molar-refractivity contribution in [1.82, 2.24) is 4.98 Å². The van der Waals surface area contributed by atoms with Gasteiger partial charge in [0.25, 0.3) is 0 Å². The third-order valence-corrected chi connectivity index (χ3v) is 2.48. The molecular formula is C13H10N4O. The van der Waals surface area contributed by atoms with E-state index in [4.69, 9.17) is 15.3 Å². The van der Waals surface area contributed by atoms with Gasteiger partial charge in [-0.1, -0.05) is 0 Å². The molecule has 1 aromatic heterocycles. The van der Waals surface area contributed by atoms with E-state index in [0.717, 1.165) is 16.6 Å². The van der Waals surface area contributed by atoms with Crippen molar-refractivity contribution >= 4 is 16.6 Å². The van der Waals surface area contributed by atoms with Crippen molar-refractivity contribution in [1.29, 1.82) is 10.5 Å². The van der Waals surface area contributed by atoms with Crippen molar-refractivity contribution in [3.8, 4) is 17.9 Å². The highest BCUT2D eigenvalue weighted by Gasteiger charge is 2.04. The Bertz CT molecular complexity index is 669. The minimum Gasteiger partial charge on any atom is -0.497 e. The number of fused-ring (bicyclic) bond motifs is 1. The quantitative estimate of drug-likeness (QED) is 0.804. The van der Waals surface area contributed by atoms with Crippen LogP contribution in [-0.2, 0) is 0 Å². The van der Waals surface area contributed by atoms with E-state index in [1.165, 1.54) is 6.20 Å². The minimum atomic E-state index is 0.0116. The number of nitriles is 2. The molecule has 0 atom stereocenters. The van der Waals surface area contributed by atoms with Gasteiger partial charge in [0.2, 0.25) is 0 Å². The van der Waals surface area contributed by atoms with Crippen molar-refractivity contribution in [3.05, 3.63) is 36.2 Å². The lowest BCUT2D eigenvalue weighted by atomic mass is 10.2. The highest BCUT2D eigenvalue weighted by molar-refractivity contribution is 5.93. The molecule has 0 aliphatic heterocycles. The maximum Gasteiger partial charge on any atom is 0.145 e. The van der Waals surface area contributed by atoms with Crippen molar-refractivity contribution < 1.29 is 4.74 Å². The zero-order valence-corrected chi connectivity index (χ0v) is 9.69. The second kappa shape index (κ2) is 4.94. The largest absolute Gasteiger partial charge is 0.497 e. The highest BCUT2D eigenvalue weighted by atomic mass is 16.5. The molecule has 0 radical (unpaired) electrons. The van der Waals surface area contributed by atoms with Gasteiger partial charge in [-0.05, 0) is 12.1 Å². The first-order valence-corrected chi connectivity index (χ1v) is 5.20. The van der Waals surface area contributed by atoms with Gasteiger partial charge in [0.1, 0.15) is 23.5 Å². The number of rotatable bonds is 3. The summed E-state index contributed by atoms with van der Waals surface area (Å²) in [5.74, 6) is 0.702. The van der Waals surface area contributed by atoms with Crippen LogP contribution < -0.4 is 10.1 Å². The second-order valence-electron chi connectivity index (χ2n) is 3.54. The van der Waals surface area contributed by atoms with Crippen LogP contribution in [0.3, 0.4) is 0 Å². The Morgan fingerprint density at radius 1 is 1.39 bits per heavy atom. The monoisotopic (exact) mass is 238 g/mol. The first kappa shape index (κ1) is 11.6. The molecule has 2 N–H and O–H groups in total. The number of allylic oxidation sites excluding steroid dienone is 1. The van der Waals surface area contributed by atoms with Gasteiger partial charge in [0, 0.05) is 23.8 Å². The summed E-state index contributed by atoms with van der Waals surface area (Å²) in [5, 5.41) is 21.2. The predicted octanol–water partition coefficient (Wildman–Crippen LogP) is 2.52. The Balaban J connectivity index is 2.44. The standard InChI is InChI=1S/C13H10N4O/c1-18-11-4-10-2-3-16-13(10)12(5-11)17-8-9(6-14)7-15/h2-5,8,16-17H,1H3. The summed E-state index contributed by atoms with van der Waals surface area (Å²) in [6.45, 7) is 0. The lowest BCUT2D eigenvalue weighted by molar-refractivity contribution is 0.415. The number of aromatic amines is 1. The van der Waals surface area contributed by atoms with Gasteiger partial charge in [-0.15, -0.1) is 0 Å². The number of hydrogen-bond donors (Lipinski definition) is 2. The molecule has 18 heavy (non-hydrogen) atoms. The molecular weight excluding hydrogens is 228 g/mol. The molecule has 5 nitrogen and oxygen atoms in total. The lowest BCUT2D eigenvalue weighted by Crippen LogP contribution is -1.92. The number of nitrogens with zero attached hydrogens (tertiary/aromatic N) is 2. The second-order valence-corrected chi connectivity index (χ2v) is 3.54. The fourth-order valence-electron chi connectivity index (χ4n) is 1.62. The normalized spacial score (nSPS) is 9.28. The number of hydrogen-bond acceptors (Lipinski definition) is 4. The smallest absolute Gasteiger partial charge is 0.145 e. The predicted molar refractivity (Wildman–Crippen MR) is 67.8 cm³/mol. The molecule has 0 amide bonds. The van der Waals surface area contributed by atoms with Crippen LogP contribution in [0.2, 0.25) is 0 Å². The van der Waals surface area contributed by atoms with Crippen molar-refractivity contribution in [2.45, 2.75) is 0 Å². The SMILES string of the molecule is COc1cc(NC=C(C#N)C#N)c2[nH]ccc2c1. The number of anilines is 1. The number of benzene rings is 1. The molecule has 2 aromatic rings. The van der Waals surface area contributed by atoms with E-state index in [9.17, 15) is 0 Å². The van der Waals surface area contributed by atoms with E-state index < -0.39 is 0 Å². The Labute approximate surface area is 104 Å². The molecule has 1 aromatic carbocycles. The van der Waals surface area contributed by atoms with Crippen LogP contribution in [0.25, 0.3) is 10.9 Å². The van der Waals surface area contributed by atoms with E-state index in [1.54, 1.807) is 25.3 Å². The maximum absolute atomic E-state index is 8.66. The molecule has 88 valence electrons. The number of nitrogens with one attached hydrogen (secondary N) is 2. The summed E-state index contributed by atoms with van der Waals surface area (Å²) < 4.78 is 5.19. The van der Waals surface area contributed by atoms with Gasteiger partial charge < -0.3 is 15.0 Å². The van der Waals surface area contributed by atoms with Crippen LogP contribution in [0.5, 0.6) is 5.75 Å². The van der Waals surface area contributed by atoms with Crippen LogP contribution >= 0.6 is 0 Å². The van der Waals surface area contributed by atoms with E-state index >= 15 is 0 Å². The zero-order chi connectivity index (χ0) is 13.0. The van der Waals surface area contributed by atoms with Gasteiger partial charge >= 0.3 is 0 Å². The van der Waals surface area contributed by atoms with Crippen LogP contribution in [-0.4, -0.2) is 12.1 Å². The molecule has 0 spiro atoms. The summed E-state index contributed by atoms with van der Waals surface area (Å²) in [6.07, 6.45) is 3.18. The Morgan fingerprint density at radius 2 is 2.17 bits per heavy atom. The van der Waals surface area contributed by atoms with Crippen molar-refractivity contribution in [3.63, 3.8) is 0 Å². The number of aromatic nitrogens is 1. The third kappa shape index (κ3) is 2.11. The van der Waals surface area contributed by atoms with Gasteiger partial charge in [-0.25, -0.2) is 0 Å². The summed E-state index contributed by atoms with van der Waals surface area (Å²) in [7, 11) is 1.59. The van der Waals surface area contributed by atoms with Crippen LogP contribution in [0.4, 0.5) is 5.69 Å². The van der Waals surface area contributed by atoms with Crippen molar-refractivity contribution in [2.75, 3.05) is 12.4 Å². The van der Waals surface area contributed by atoms with Crippen molar-refractivity contribution in [2.24, 2.45) is 0 Å². The van der Waals surface area contributed by atoms with Gasteiger partial charge in [-0.2, -0.15) is 10.5 Å². The molecule has 1 heterocycles. The zero-order valence-electron chi connectivity index (χ0n) is 9.69. The highest BCUT2D eigenvalue weighted by Crippen LogP contribution is 2.28. The van der Waals surface area contributed by atoms with Crippen LogP contribution in [0, 0.1) is 22.7 Å². The van der Waals surface area contributed by atoms with Gasteiger partial charge in [-0.3, -0.25) is 0 Å². The molecule has 0 unspecified atom stereocenters. The molecule has 2 rings (SSSR count). The Hall–Kier alpha value is -2.92. The summed E-state index contributed by atoms with van der Waals surface area (Å²) in [4.78, 5) is 3.09. The third-order valence-electron chi connectivity index (χ3n) is 2.48. The molecule has 0 aliphatic rings. The molecule has 0 aliphatic carbocycles. The summed E-state index contributed by atoms with van der Waals surface area (Å²) in [5.41, 5.74) is 1.65. The first-order chi connectivity index (χ1) is 8.78. The van der Waals surface area contributed by atoms with E-state index in [0.29, 0.717) is 5.75 Å². The van der Waals surface area contributed by atoms with Gasteiger partial charge in [0.15, 0.2) is 0 Å². The first-order valence-electron chi connectivity index (χ1n) is 5.20. The molecule has 0 bridgehead atoms. The van der Waals surface area contributed by atoms with E-state index in [1.807, 2.05) is 18.3 Å². The fourth-order valence-corrected chi connectivity index (χ4v) is 1.62. The summed E-state index contributed by atoms with van der Waals surface area (Å²) in [6, 6.07) is 9.19. The number of methoxy groups -OCH3 is 1. The topological polar surface area (TPSA) is 84.6 Å². The lowest BCUT2D eigenvalue weighted by Gasteiger charge is -2.06. The average Bonchev–Trinajstić information content (AvgIpc) is 2.87. The summed E-state index contributed by atoms with van der Waals surface area (Å²) >= 11 is 0. The minimum absolute atomic E-state index is 0.0116. The number of ether oxygens (including phenoxy) is 1. The van der Waals surface area contributed by atoms with Crippen LogP contribution in [0.1, 0.15) is 0 Å². The number of H-pyrrole nitrogens is 1. The molecule has 0 saturated carbocycles. The van der Waals surface area contributed by atoms with E-state index in [2.05, 4.69) is 10.3 Å². The average molecular weight is 238 g/mol. The van der Waals surface area contributed by atoms with Crippen LogP contribution in [0.15, 0.2) is 36.2 Å². The molecule has 0 fully saturated rings.